The zero-order valence-electron chi connectivity index (χ0n) is 9.03. The molecule has 5 heteroatoms. The van der Waals surface area contributed by atoms with Gasteiger partial charge in [-0.2, -0.15) is 0 Å². The first-order valence-electron chi connectivity index (χ1n) is 5.27. The number of esters is 1. The average Bonchev–Trinajstić information content (AvgIpc) is 3.01. The number of hydrogen-bond donors (Lipinski definition) is 1. The number of rotatable bonds is 5. The summed E-state index contributed by atoms with van der Waals surface area (Å²) >= 11 is 3.22. The Kier molecular flexibility index (Phi) is 3.66. The van der Waals surface area contributed by atoms with Gasteiger partial charge in [-0.15, -0.1) is 0 Å². The second-order valence-corrected chi connectivity index (χ2v) is 4.68. The highest BCUT2D eigenvalue weighted by atomic mass is 79.9. The lowest BCUT2D eigenvalue weighted by Gasteiger charge is -2.12. The third-order valence-corrected chi connectivity index (χ3v) is 3.04. The lowest BCUT2D eigenvalue weighted by molar-refractivity contribution is -0.142. The van der Waals surface area contributed by atoms with E-state index in [-0.39, 0.29) is 11.9 Å². The van der Waals surface area contributed by atoms with E-state index in [1.165, 1.54) is 20.0 Å². The van der Waals surface area contributed by atoms with Crippen molar-refractivity contribution in [3.05, 3.63) is 22.6 Å². The number of hydrogen-bond acceptors (Lipinski definition) is 4. The van der Waals surface area contributed by atoms with E-state index in [0.29, 0.717) is 23.0 Å². The van der Waals surface area contributed by atoms with Crippen LogP contribution in [0, 0.1) is 0 Å². The number of halogens is 1. The highest BCUT2D eigenvalue weighted by Crippen LogP contribution is 2.25. The smallest absolute Gasteiger partial charge is 0.317 e. The van der Waals surface area contributed by atoms with Crippen molar-refractivity contribution in [3.63, 3.8) is 0 Å². The molecule has 0 saturated heterocycles. The Morgan fingerprint density at radius 2 is 2.44 bits per heavy atom. The summed E-state index contributed by atoms with van der Waals surface area (Å²) in [5.74, 6) is -0.00113. The molecule has 2 rings (SSSR count). The summed E-state index contributed by atoms with van der Waals surface area (Å²) in [6.07, 6.45) is 2.38. The van der Waals surface area contributed by atoms with Crippen LogP contribution >= 0.6 is 15.9 Å². The fourth-order valence-electron chi connectivity index (χ4n) is 1.53. The van der Waals surface area contributed by atoms with E-state index in [9.17, 15) is 4.79 Å². The summed E-state index contributed by atoms with van der Waals surface area (Å²) in [6, 6.07) is 4.13. The standard InChI is InChI=1S/C11H14BrNO3/c1-15-11(14)8(6-13-7-2-3-7)9-4-5-10(12)16-9/h4-5,7-8,13H,2-3,6H2,1H3. The second-order valence-electron chi connectivity index (χ2n) is 3.90. The maximum atomic E-state index is 11.6. The number of ether oxygens (including phenoxy) is 1. The minimum Gasteiger partial charge on any atom is -0.468 e. The zero-order valence-corrected chi connectivity index (χ0v) is 10.6. The van der Waals surface area contributed by atoms with E-state index in [1.54, 1.807) is 12.1 Å². The van der Waals surface area contributed by atoms with Crippen molar-refractivity contribution in [1.29, 1.82) is 0 Å². The van der Waals surface area contributed by atoms with Crippen LogP contribution in [-0.2, 0) is 9.53 Å². The molecule has 0 bridgehead atoms. The number of furan rings is 1. The van der Waals surface area contributed by atoms with Gasteiger partial charge in [-0.25, -0.2) is 0 Å². The Bertz CT molecular complexity index is 373. The maximum Gasteiger partial charge on any atom is 0.317 e. The van der Waals surface area contributed by atoms with Crippen molar-refractivity contribution in [3.8, 4) is 0 Å². The Morgan fingerprint density at radius 3 is 2.94 bits per heavy atom. The molecular weight excluding hydrogens is 274 g/mol. The molecule has 1 aliphatic rings. The lowest BCUT2D eigenvalue weighted by Crippen LogP contribution is -2.28. The molecule has 1 aromatic heterocycles. The first-order chi connectivity index (χ1) is 7.70. The molecule has 0 spiro atoms. The van der Waals surface area contributed by atoms with E-state index in [0.717, 1.165) is 0 Å². The Morgan fingerprint density at radius 1 is 1.69 bits per heavy atom. The van der Waals surface area contributed by atoms with E-state index in [4.69, 9.17) is 9.15 Å². The summed E-state index contributed by atoms with van der Waals surface area (Å²) in [7, 11) is 1.39. The van der Waals surface area contributed by atoms with Gasteiger partial charge in [0.1, 0.15) is 11.7 Å². The molecule has 4 nitrogen and oxygen atoms in total. The normalized spacial score (nSPS) is 17.1. The fourth-order valence-corrected chi connectivity index (χ4v) is 1.85. The predicted molar refractivity (Wildman–Crippen MR) is 62.2 cm³/mol. The van der Waals surface area contributed by atoms with Crippen molar-refractivity contribution in [2.24, 2.45) is 0 Å². The van der Waals surface area contributed by atoms with Gasteiger partial charge in [-0.1, -0.05) is 0 Å². The molecule has 1 atom stereocenters. The highest BCUT2D eigenvalue weighted by Gasteiger charge is 2.28. The second kappa shape index (κ2) is 5.01. The van der Waals surface area contributed by atoms with E-state index >= 15 is 0 Å². The van der Waals surface area contributed by atoms with Gasteiger partial charge in [0.2, 0.25) is 0 Å². The monoisotopic (exact) mass is 287 g/mol. The minimum atomic E-state index is -0.364. The third kappa shape index (κ3) is 2.86. The summed E-state index contributed by atoms with van der Waals surface area (Å²) in [6.45, 7) is 0.567. The van der Waals surface area contributed by atoms with Crippen LogP contribution in [0.25, 0.3) is 0 Å². The van der Waals surface area contributed by atoms with Crippen molar-refractivity contribution in [2.45, 2.75) is 24.8 Å². The predicted octanol–water partition coefficient (Wildman–Crippen LogP) is 2.05. The molecule has 1 fully saturated rings. The summed E-state index contributed by atoms with van der Waals surface area (Å²) in [5.41, 5.74) is 0. The molecule has 0 radical (unpaired) electrons. The van der Waals surface area contributed by atoms with Gasteiger partial charge in [0, 0.05) is 12.6 Å². The Labute approximate surface area is 102 Å². The van der Waals surface area contributed by atoms with Crippen LogP contribution in [-0.4, -0.2) is 25.7 Å². The maximum absolute atomic E-state index is 11.6. The van der Waals surface area contributed by atoms with Crippen LogP contribution in [0.4, 0.5) is 0 Å². The number of carbonyl (C=O) groups excluding carboxylic acids is 1. The number of carbonyl (C=O) groups is 1. The van der Waals surface area contributed by atoms with Gasteiger partial charge < -0.3 is 14.5 Å². The largest absolute Gasteiger partial charge is 0.468 e. The molecule has 0 amide bonds. The van der Waals surface area contributed by atoms with Gasteiger partial charge in [0.25, 0.3) is 0 Å². The van der Waals surface area contributed by atoms with Crippen molar-refractivity contribution >= 4 is 21.9 Å². The Balaban J connectivity index is 2.03. The van der Waals surface area contributed by atoms with Crippen LogP contribution in [0.5, 0.6) is 0 Å². The van der Waals surface area contributed by atoms with Gasteiger partial charge in [0.05, 0.1) is 7.11 Å². The van der Waals surface area contributed by atoms with Crippen molar-refractivity contribution in [2.75, 3.05) is 13.7 Å². The van der Waals surface area contributed by atoms with Crippen molar-refractivity contribution < 1.29 is 13.9 Å². The summed E-state index contributed by atoms with van der Waals surface area (Å²) < 4.78 is 10.8. The Hall–Kier alpha value is -0.810. The first kappa shape index (κ1) is 11.7. The average molecular weight is 288 g/mol. The van der Waals surface area contributed by atoms with E-state index in [1.807, 2.05) is 0 Å². The molecule has 1 unspecified atom stereocenters. The zero-order chi connectivity index (χ0) is 11.5. The SMILES string of the molecule is COC(=O)C(CNC1CC1)c1ccc(Br)o1. The molecular formula is C11H14BrNO3. The topological polar surface area (TPSA) is 51.5 Å². The van der Waals surface area contributed by atoms with Crippen LogP contribution in [0.3, 0.4) is 0 Å². The molecule has 1 N–H and O–H groups in total. The molecule has 1 aliphatic carbocycles. The molecule has 16 heavy (non-hydrogen) atoms. The van der Waals surface area contributed by atoms with Gasteiger partial charge >= 0.3 is 5.97 Å². The molecule has 88 valence electrons. The number of nitrogens with one attached hydrogen (secondary N) is 1. The first-order valence-corrected chi connectivity index (χ1v) is 6.06. The highest BCUT2D eigenvalue weighted by molar-refractivity contribution is 9.10. The van der Waals surface area contributed by atoms with Crippen LogP contribution in [0.2, 0.25) is 0 Å². The molecule has 0 aromatic carbocycles. The van der Waals surface area contributed by atoms with Gasteiger partial charge in [0.15, 0.2) is 4.67 Å². The minimum absolute atomic E-state index is 0.269. The number of methoxy groups -OCH3 is 1. The summed E-state index contributed by atoms with van der Waals surface area (Å²) in [5, 5.41) is 3.30. The van der Waals surface area contributed by atoms with Crippen molar-refractivity contribution in [1.82, 2.24) is 5.32 Å². The molecule has 1 heterocycles. The van der Waals surface area contributed by atoms with Gasteiger partial charge in [-0.3, -0.25) is 4.79 Å². The van der Waals surface area contributed by atoms with Crippen LogP contribution in [0.15, 0.2) is 21.2 Å². The fraction of sp³-hybridized carbons (Fsp3) is 0.545. The van der Waals surface area contributed by atoms with Gasteiger partial charge in [-0.05, 0) is 40.9 Å². The molecule has 1 aromatic rings. The van der Waals surface area contributed by atoms with E-state index < -0.39 is 0 Å². The molecule has 1 saturated carbocycles. The lowest BCUT2D eigenvalue weighted by atomic mass is 10.1. The van der Waals surface area contributed by atoms with E-state index in [2.05, 4.69) is 21.2 Å². The molecule has 0 aliphatic heterocycles. The van der Waals surface area contributed by atoms with Crippen LogP contribution in [0.1, 0.15) is 24.5 Å². The third-order valence-electron chi connectivity index (χ3n) is 2.61. The summed E-state index contributed by atoms with van der Waals surface area (Å²) in [4.78, 5) is 11.6. The quantitative estimate of drug-likeness (QED) is 0.843. The van der Waals surface area contributed by atoms with Crippen LogP contribution < -0.4 is 5.32 Å².